The molecule has 0 bridgehead atoms. The number of hydrogen-bond acceptors (Lipinski definition) is 4. The minimum absolute atomic E-state index is 0.136. The topological polar surface area (TPSA) is 46.6 Å². The molecule has 0 aromatic heterocycles. The van der Waals surface area contributed by atoms with E-state index in [0.29, 0.717) is 25.6 Å². The maximum atomic E-state index is 11.8. The van der Waals surface area contributed by atoms with Gasteiger partial charge < -0.3 is 4.74 Å². The van der Waals surface area contributed by atoms with Crippen LogP contribution in [0.5, 0.6) is 0 Å². The first-order valence-electron chi connectivity index (χ1n) is 6.94. The Kier molecular flexibility index (Phi) is 6.33. The summed E-state index contributed by atoms with van der Waals surface area (Å²) in [7, 11) is 0. The third-order valence-electron chi connectivity index (χ3n) is 3.21. The van der Waals surface area contributed by atoms with Gasteiger partial charge in [0, 0.05) is 19.0 Å². The van der Waals surface area contributed by atoms with Crippen LogP contribution in [0.3, 0.4) is 0 Å². The van der Waals surface area contributed by atoms with E-state index in [0.717, 1.165) is 12.5 Å². The van der Waals surface area contributed by atoms with Gasteiger partial charge in [0.25, 0.3) is 0 Å². The molecule has 1 saturated carbocycles. The number of ketones is 1. The van der Waals surface area contributed by atoms with Crippen LogP contribution in [-0.2, 0) is 14.3 Å². The molecule has 1 aliphatic carbocycles. The zero-order chi connectivity index (χ0) is 13.5. The van der Waals surface area contributed by atoms with Gasteiger partial charge in [-0.15, -0.1) is 0 Å². The van der Waals surface area contributed by atoms with Crippen LogP contribution in [0.2, 0.25) is 0 Å². The Labute approximate surface area is 110 Å². The largest absolute Gasteiger partial charge is 0.466 e. The van der Waals surface area contributed by atoms with E-state index < -0.39 is 0 Å². The van der Waals surface area contributed by atoms with Gasteiger partial charge in [-0.25, -0.2) is 0 Å². The van der Waals surface area contributed by atoms with Gasteiger partial charge in [0.2, 0.25) is 0 Å². The van der Waals surface area contributed by atoms with Crippen LogP contribution in [0, 0.1) is 5.92 Å². The van der Waals surface area contributed by atoms with Gasteiger partial charge in [-0.3, -0.25) is 14.5 Å². The van der Waals surface area contributed by atoms with Crippen molar-refractivity contribution in [2.24, 2.45) is 5.92 Å². The second-order valence-electron chi connectivity index (χ2n) is 5.31. The van der Waals surface area contributed by atoms with Gasteiger partial charge in [-0.2, -0.15) is 0 Å². The normalized spacial score (nSPS) is 15.2. The van der Waals surface area contributed by atoms with E-state index in [2.05, 4.69) is 18.7 Å². The van der Waals surface area contributed by atoms with Gasteiger partial charge in [-0.1, -0.05) is 0 Å². The molecule has 0 aliphatic heterocycles. The lowest BCUT2D eigenvalue weighted by Crippen LogP contribution is -2.37. The molecule has 0 spiro atoms. The van der Waals surface area contributed by atoms with Crippen LogP contribution < -0.4 is 0 Å². The van der Waals surface area contributed by atoms with E-state index in [1.54, 1.807) is 6.92 Å². The zero-order valence-electron chi connectivity index (χ0n) is 11.8. The average Bonchev–Trinajstić information content (AvgIpc) is 3.09. The van der Waals surface area contributed by atoms with Crippen LogP contribution in [0.4, 0.5) is 0 Å². The van der Waals surface area contributed by atoms with E-state index in [1.807, 2.05) is 0 Å². The van der Waals surface area contributed by atoms with Crippen molar-refractivity contribution < 1.29 is 14.3 Å². The Morgan fingerprint density at radius 1 is 1.28 bits per heavy atom. The molecule has 1 rings (SSSR count). The van der Waals surface area contributed by atoms with Gasteiger partial charge in [0.05, 0.1) is 19.6 Å². The van der Waals surface area contributed by atoms with Crippen molar-refractivity contribution in [1.82, 2.24) is 4.90 Å². The number of nitrogens with zero attached hydrogens (tertiary/aromatic N) is 1. The fourth-order valence-electron chi connectivity index (χ4n) is 1.87. The summed E-state index contributed by atoms with van der Waals surface area (Å²) in [5.41, 5.74) is 0. The summed E-state index contributed by atoms with van der Waals surface area (Å²) >= 11 is 0. The van der Waals surface area contributed by atoms with Gasteiger partial charge in [-0.05, 0) is 39.5 Å². The summed E-state index contributed by atoms with van der Waals surface area (Å²) < 4.78 is 4.81. The summed E-state index contributed by atoms with van der Waals surface area (Å²) in [6.07, 6.45) is 3.09. The summed E-state index contributed by atoms with van der Waals surface area (Å²) in [5, 5.41) is 0. The molecule has 0 N–H and O–H groups in total. The van der Waals surface area contributed by atoms with E-state index >= 15 is 0 Å². The summed E-state index contributed by atoms with van der Waals surface area (Å²) in [6, 6.07) is 0.386. The molecule has 0 unspecified atom stereocenters. The molecule has 1 fully saturated rings. The summed E-state index contributed by atoms with van der Waals surface area (Å²) in [4.78, 5) is 25.2. The third kappa shape index (κ3) is 6.15. The monoisotopic (exact) mass is 255 g/mol. The quantitative estimate of drug-likeness (QED) is 0.591. The van der Waals surface area contributed by atoms with Gasteiger partial charge >= 0.3 is 5.97 Å². The summed E-state index contributed by atoms with van der Waals surface area (Å²) in [5.74, 6) is 0.645. The zero-order valence-corrected chi connectivity index (χ0v) is 11.8. The van der Waals surface area contributed by atoms with Crippen LogP contribution in [-0.4, -0.2) is 42.4 Å². The molecular weight excluding hydrogens is 230 g/mol. The number of carbonyl (C=O) groups excluding carboxylic acids is 2. The SMILES string of the molecule is CCOC(=O)CCC(=O)CN(CC1CC1)C(C)C. The number of hydrogen-bond donors (Lipinski definition) is 0. The van der Waals surface area contributed by atoms with Gasteiger partial charge in [0.1, 0.15) is 5.78 Å². The number of esters is 1. The molecular formula is C14H25NO3. The van der Waals surface area contributed by atoms with E-state index in [9.17, 15) is 9.59 Å². The number of rotatable bonds is 9. The lowest BCUT2D eigenvalue weighted by Gasteiger charge is -2.25. The summed E-state index contributed by atoms with van der Waals surface area (Å²) in [6.45, 7) is 7.86. The molecule has 104 valence electrons. The Bertz CT molecular complexity index is 285. The Hall–Kier alpha value is -0.900. The molecule has 0 amide bonds. The van der Waals surface area contributed by atoms with Crippen LogP contribution >= 0.6 is 0 Å². The lowest BCUT2D eigenvalue weighted by atomic mass is 10.2. The van der Waals surface area contributed by atoms with E-state index in [-0.39, 0.29) is 18.2 Å². The maximum Gasteiger partial charge on any atom is 0.306 e. The highest BCUT2D eigenvalue weighted by molar-refractivity contribution is 5.84. The third-order valence-corrected chi connectivity index (χ3v) is 3.21. The van der Waals surface area contributed by atoms with Crippen molar-refractivity contribution in [3.05, 3.63) is 0 Å². The first kappa shape index (κ1) is 15.2. The molecule has 0 radical (unpaired) electrons. The van der Waals surface area contributed by atoms with Crippen molar-refractivity contribution in [2.45, 2.75) is 52.5 Å². The van der Waals surface area contributed by atoms with Crippen LogP contribution in [0.1, 0.15) is 46.5 Å². The van der Waals surface area contributed by atoms with Crippen molar-refractivity contribution >= 4 is 11.8 Å². The van der Waals surface area contributed by atoms with E-state index in [4.69, 9.17) is 4.74 Å². The van der Waals surface area contributed by atoms with Crippen molar-refractivity contribution in [2.75, 3.05) is 19.7 Å². The van der Waals surface area contributed by atoms with Gasteiger partial charge in [0.15, 0.2) is 0 Å². The van der Waals surface area contributed by atoms with Crippen LogP contribution in [0.25, 0.3) is 0 Å². The maximum absolute atomic E-state index is 11.8. The average molecular weight is 255 g/mol. The fraction of sp³-hybridized carbons (Fsp3) is 0.857. The van der Waals surface area contributed by atoms with Crippen LogP contribution in [0.15, 0.2) is 0 Å². The highest BCUT2D eigenvalue weighted by Crippen LogP contribution is 2.30. The number of carbonyl (C=O) groups is 2. The molecule has 0 aromatic carbocycles. The molecule has 0 heterocycles. The molecule has 0 aromatic rings. The Balaban J connectivity index is 2.24. The molecule has 18 heavy (non-hydrogen) atoms. The standard InChI is InChI=1S/C14H25NO3/c1-4-18-14(17)8-7-13(16)10-15(11(2)3)9-12-5-6-12/h11-12H,4-10H2,1-3H3. The molecule has 4 nitrogen and oxygen atoms in total. The smallest absolute Gasteiger partial charge is 0.306 e. The Morgan fingerprint density at radius 2 is 1.94 bits per heavy atom. The second-order valence-corrected chi connectivity index (χ2v) is 5.31. The highest BCUT2D eigenvalue weighted by atomic mass is 16.5. The number of ether oxygens (including phenoxy) is 1. The molecule has 0 atom stereocenters. The van der Waals surface area contributed by atoms with Crippen molar-refractivity contribution in [3.63, 3.8) is 0 Å². The molecule has 0 saturated heterocycles. The first-order valence-corrected chi connectivity index (χ1v) is 6.94. The molecule has 1 aliphatic rings. The Morgan fingerprint density at radius 3 is 2.44 bits per heavy atom. The van der Waals surface area contributed by atoms with Crippen molar-refractivity contribution in [1.29, 1.82) is 0 Å². The predicted molar refractivity (Wildman–Crippen MR) is 70.3 cm³/mol. The minimum Gasteiger partial charge on any atom is -0.466 e. The number of Topliss-reactive ketones (excluding diaryl/α,β-unsaturated/α-hetero) is 1. The second kappa shape index (κ2) is 7.52. The lowest BCUT2D eigenvalue weighted by molar-refractivity contribution is -0.144. The van der Waals surface area contributed by atoms with E-state index in [1.165, 1.54) is 12.8 Å². The first-order chi connectivity index (χ1) is 8.52. The predicted octanol–water partition coefficient (Wildman–Crippen LogP) is 2.02. The van der Waals surface area contributed by atoms with Crippen molar-refractivity contribution in [3.8, 4) is 0 Å². The fourth-order valence-corrected chi connectivity index (χ4v) is 1.87. The molecule has 4 heteroatoms. The minimum atomic E-state index is -0.274. The highest BCUT2D eigenvalue weighted by Gasteiger charge is 2.26.